The van der Waals surface area contributed by atoms with Crippen molar-refractivity contribution in [3.05, 3.63) is 23.2 Å². The quantitative estimate of drug-likeness (QED) is 0.550. The molecule has 0 amide bonds. The first kappa shape index (κ1) is 9.14. The van der Waals surface area contributed by atoms with Crippen LogP contribution in [0.15, 0.2) is 23.2 Å². The van der Waals surface area contributed by atoms with Gasteiger partial charge in [-0.1, -0.05) is 42.9 Å². The molecule has 60 valence electrons. The molecule has 11 heavy (non-hydrogen) atoms. The molecule has 0 unspecified atom stereocenters. The molecule has 0 aliphatic carbocycles. The first-order valence-electron chi connectivity index (χ1n) is 4.03. The fourth-order valence-corrected chi connectivity index (χ4v) is 4.16. The second-order valence-electron chi connectivity index (χ2n) is 3.98. The second-order valence-corrected chi connectivity index (χ2v) is 9.52. The summed E-state index contributed by atoms with van der Waals surface area (Å²) >= 11 is 6.15. The normalized spacial score (nSPS) is 18.5. The highest BCUT2D eigenvalue weighted by atomic mass is 35.5. The van der Waals surface area contributed by atoms with E-state index in [1.807, 2.05) is 0 Å². The Morgan fingerprint density at radius 3 is 2.45 bits per heavy atom. The molecule has 1 aliphatic heterocycles. The topological polar surface area (TPSA) is 0 Å². The molecule has 0 saturated heterocycles. The highest BCUT2D eigenvalue weighted by molar-refractivity contribution is 7.21. The molecule has 0 nitrogen and oxygen atoms in total. The zero-order chi connectivity index (χ0) is 8.48. The van der Waals surface area contributed by atoms with Gasteiger partial charge in [-0.2, -0.15) is 11.5 Å². The van der Waals surface area contributed by atoms with Crippen LogP contribution in [0.1, 0.15) is 6.42 Å². The van der Waals surface area contributed by atoms with Crippen molar-refractivity contribution in [1.29, 1.82) is 0 Å². The van der Waals surface area contributed by atoms with Crippen molar-refractivity contribution in [2.24, 2.45) is 0 Å². The van der Waals surface area contributed by atoms with Crippen molar-refractivity contribution in [1.82, 2.24) is 0 Å². The van der Waals surface area contributed by atoms with Crippen LogP contribution >= 0.6 is 11.5 Å². The molecule has 0 aromatic carbocycles. The van der Waals surface area contributed by atoms with E-state index < -0.39 is 8.07 Å². The summed E-state index contributed by atoms with van der Waals surface area (Å²) in [6, 6.07) is 0. The van der Waals surface area contributed by atoms with Crippen LogP contribution in [0.25, 0.3) is 0 Å². The van der Waals surface area contributed by atoms with Gasteiger partial charge in [0.25, 0.3) is 6.13 Å². The predicted octanol–water partition coefficient (Wildman–Crippen LogP) is 3.06. The maximum atomic E-state index is 6.15. The molecule has 0 spiro atoms. The van der Waals surface area contributed by atoms with E-state index in [2.05, 4.69) is 37.8 Å². The molecule has 0 radical (unpaired) electrons. The van der Waals surface area contributed by atoms with E-state index in [4.69, 9.17) is 11.5 Å². The van der Waals surface area contributed by atoms with Crippen LogP contribution in [0.5, 0.6) is 0 Å². The van der Waals surface area contributed by atoms with Crippen molar-refractivity contribution in [2.45, 2.75) is 26.1 Å². The third-order valence-electron chi connectivity index (χ3n) is 1.94. The van der Waals surface area contributed by atoms with E-state index in [1.165, 1.54) is 5.10 Å². The van der Waals surface area contributed by atoms with E-state index >= 15 is 0 Å². The smallest absolute Gasteiger partial charge is 0.183 e. The van der Waals surface area contributed by atoms with Gasteiger partial charge in [-0.15, -0.1) is 0 Å². The predicted molar refractivity (Wildman–Crippen MR) is 56.8 cm³/mol. The van der Waals surface area contributed by atoms with Gasteiger partial charge in [-0.25, -0.2) is 0 Å². The Morgan fingerprint density at radius 1 is 1.45 bits per heavy atom. The van der Waals surface area contributed by atoms with Gasteiger partial charge in [0.05, 0.1) is 8.07 Å². The lowest BCUT2D eigenvalue weighted by Crippen LogP contribution is -2.32. The summed E-state index contributed by atoms with van der Waals surface area (Å²) in [4.78, 5) is 0. The van der Waals surface area contributed by atoms with Crippen LogP contribution in [0, 0.1) is 0 Å². The van der Waals surface area contributed by atoms with Crippen molar-refractivity contribution in [2.75, 3.05) is 0 Å². The SMILES string of the molecule is C[Si](C)(C)C1=CCC=CB1Cl. The van der Waals surface area contributed by atoms with Crippen molar-refractivity contribution >= 4 is 25.7 Å². The van der Waals surface area contributed by atoms with Crippen LogP contribution in [0.2, 0.25) is 19.6 Å². The molecule has 3 heteroatoms. The summed E-state index contributed by atoms with van der Waals surface area (Å²) in [6.45, 7) is 7.02. The van der Waals surface area contributed by atoms with Gasteiger partial charge in [0.1, 0.15) is 0 Å². The van der Waals surface area contributed by atoms with E-state index in [-0.39, 0.29) is 6.13 Å². The highest BCUT2D eigenvalue weighted by Gasteiger charge is 2.27. The molecule has 1 heterocycles. The Hall–Kier alpha value is 0.0518. The van der Waals surface area contributed by atoms with Crippen molar-refractivity contribution in [3.8, 4) is 0 Å². The minimum atomic E-state index is -1.14. The monoisotopic (exact) mass is 184 g/mol. The number of allylic oxidation sites excluding steroid dienone is 2. The van der Waals surface area contributed by atoms with E-state index in [0.29, 0.717) is 0 Å². The molecule has 0 aromatic rings. The second kappa shape index (κ2) is 3.20. The minimum absolute atomic E-state index is 0.176. The third kappa shape index (κ3) is 2.24. The molecule has 0 saturated carbocycles. The zero-order valence-corrected chi connectivity index (χ0v) is 9.15. The molecular formula is C8H14BClSi. The summed E-state index contributed by atoms with van der Waals surface area (Å²) in [5.41, 5.74) is 0. The van der Waals surface area contributed by atoms with Gasteiger partial charge in [0, 0.05) is 0 Å². The summed E-state index contributed by atoms with van der Waals surface area (Å²) in [5, 5.41) is 1.49. The lowest BCUT2D eigenvalue weighted by Gasteiger charge is -2.23. The maximum absolute atomic E-state index is 6.15. The van der Waals surface area contributed by atoms with Crippen molar-refractivity contribution < 1.29 is 0 Å². The highest BCUT2D eigenvalue weighted by Crippen LogP contribution is 2.23. The van der Waals surface area contributed by atoms with Gasteiger partial charge in [-0.3, -0.25) is 0 Å². The van der Waals surface area contributed by atoms with Crippen LogP contribution in [-0.4, -0.2) is 14.2 Å². The fraction of sp³-hybridized carbons (Fsp3) is 0.500. The summed E-state index contributed by atoms with van der Waals surface area (Å²) in [5.74, 6) is 2.11. The first-order chi connectivity index (χ1) is 5.02. The van der Waals surface area contributed by atoms with Crippen LogP contribution < -0.4 is 0 Å². The van der Waals surface area contributed by atoms with Gasteiger partial charge >= 0.3 is 0 Å². The largest absolute Gasteiger partial charge is 0.299 e. The molecule has 0 N–H and O–H groups in total. The molecule has 0 bridgehead atoms. The Labute approximate surface area is 75.3 Å². The molecule has 0 atom stereocenters. The van der Waals surface area contributed by atoms with E-state index in [0.717, 1.165) is 6.42 Å². The Morgan fingerprint density at radius 2 is 2.09 bits per heavy atom. The lowest BCUT2D eigenvalue weighted by atomic mass is 9.72. The average Bonchev–Trinajstić information content (AvgIpc) is 1.86. The number of hydrogen-bond acceptors (Lipinski definition) is 0. The number of halogens is 1. The van der Waals surface area contributed by atoms with Crippen molar-refractivity contribution in [3.63, 3.8) is 0 Å². The molecular weight excluding hydrogens is 170 g/mol. The van der Waals surface area contributed by atoms with E-state index in [9.17, 15) is 0 Å². The van der Waals surface area contributed by atoms with Crippen LogP contribution in [-0.2, 0) is 0 Å². The van der Waals surface area contributed by atoms with Gasteiger partial charge in [-0.05, 0) is 6.42 Å². The number of rotatable bonds is 1. The zero-order valence-electron chi connectivity index (χ0n) is 7.39. The van der Waals surface area contributed by atoms with Gasteiger partial charge in [0.15, 0.2) is 0 Å². The van der Waals surface area contributed by atoms with E-state index in [1.54, 1.807) is 0 Å². The van der Waals surface area contributed by atoms with Gasteiger partial charge in [0.2, 0.25) is 0 Å². The summed E-state index contributed by atoms with van der Waals surface area (Å²) in [6.07, 6.45) is 5.68. The molecule has 0 aromatic heterocycles. The number of hydrogen-bond donors (Lipinski definition) is 0. The Kier molecular flexibility index (Phi) is 2.66. The molecule has 0 fully saturated rings. The standard InChI is InChI=1S/C8H14BClSi/c1-11(2,3)8-6-4-5-7-9(8)10/h5-7H,4H2,1-3H3. The molecule has 1 rings (SSSR count). The fourth-order valence-electron chi connectivity index (χ4n) is 1.33. The Bertz CT molecular complexity index is 203. The first-order valence-corrected chi connectivity index (χ1v) is 7.97. The summed E-state index contributed by atoms with van der Waals surface area (Å²) in [7, 11) is -1.14. The maximum Gasteiger partial charge on any atom is 0.299 e. The summed E-state index contributed by atoms with van der Waals surface area (Å²) < 4.78 is 0. The third-order valence-corrected chi connectivity index (χ3v) is 4.75. The van der Waals surface area contributed by atoms with Crippen LogP contribution in [0.4, 0.5) is 0 Å². The van der Waals surface area contributed by atoms with Crippen LogP contribution in [0.3, 0.4) is 0 Å². The minimum Gasteiger partial charge on any atom is -0.183 e. The average molecular weight is 185 g/mol. The lowest BCUT2D eigenvalue weighted by molar-refractivity contribution is 1.38. The Balaban J connectivity index is 2.80. The molecule has 1 aliphatic rings. The van der Waals surface area contributed by atoms with Gasteiger partial charge < -0.3 is 0 Å².